The van der Waals surface area contributed by atoms with Crippen LogP contribution in [-0.4, -0.2) is 31.4 Å². The van der Waals surface area contributed by atoms with Crippen LogP contribution in [-0.2, 0) is 11.2 Å². The largest absolute Gasteiger partial charge is 0.475 e. The van der Waals surface area contributed by atoms with E-state index in [0.29, 0.717) is 5.56 Å². The molecule has 0 bridgehead atoms. The molecule has 0 aliphatic heterocycles. The molecule has 2 aromatic heterocycles. The highest BCUT2D eigenvalue weighted by molar-refractivity contribution is 6.41. The number of aromatic nitrogens is 3. The van der Waals surface area contributed by atoms with E-state index in [1.807, 2.05) is 31.2 Å². The van der Waals surface area contributed by atoms with Crippen LogP contribution in [0.25, 0.3) is 28.0 Å². The number of carbonyl (C=O) groups excluding carboxylic acids is 1. The molecular formula is C26H25N3O3. The summed E-state index contributed by atoms with van der Waals surface area (Å²) in [7, 11) is 0. The number of nitrogens with zero attached hydrogens (tertiary/aromatic N) is 3. The number of hydrogen-bond acceptors (Lipinski definition) is 4. The van der Waals surface area contributed by atoms with Crippen LogP contribution in [0, 0.1) is 20.8 Å². The molecule has 0 radical (unpaired) electrons. The summed E-state index contributed by atoms with van der Waals surface area (Å²) in [4.78, 5) is 33.1. The topological polar surface area (TPSA) is 85.1 Å². The second kappa shape index (κ2) is 8.38. The zero-order valence-electron chi connectivity index (χ0n) is 18.6. The highest BCUT2D eigenvalue weighted by Crippen LogP contribution is 2.29. The van der Waals surface area contributed by atoms with Gasteiger partial charge in [-0.05, 0) is 61.6 Å². The van der Waals surface area contributed by atoms with Gasteiger partial charge in [0.15, 0.2) is 5.65 Å². The molecule has 1 N–H and O–H groups in total. The molecule has 4 aromatic rings. The van der Waals surface area contributed by atoms with E-state index >= 15 is 0 Å². The molecule has 162 valence electrons. The van der Waals surface area contributed by atoms with Crippen LogP contribution in [0.2, 0.25) is 0 Å². The lowest BCUT2D eigenvalue weighted by Gasteiger charge is -2.12. The fourth-order valence-electron chi connectivity index (χ4n) is 4.00. The number of carboxylic acids is 1. The van der Waals surface area contributed by atoms with Gasteiger partial charge in [0.25, 0.3) is 5.78 Å². The first-order chi connectivity index (χ1) is 15.3. The van der Waals surface area contributed by atoms with Crippen molar-refractivity contribution in [3.05, 3.63) is 76.7 Å². The first-order valence-electron chi connectivity index (χ1n) is 10.7. The second-order valence-corrected chi connectivity index (χ2v) is 7.96. The minimum absolute atomic E-state index is 0.177. The Labute approximate surface area is 186 Å². The summed E-state index contributed by atoms with van der Waals surface area (Å²) >= 11 is 0. The highest BCUT2D eigenvalue weighted by atomic mass is 16.4. The van der Waals surface area contributed by atoms with Gasteiger partial charge in [-0.3, -0.25) is 9.36 Å². The van der Waals surface area contributed by atoms with E-state index in [2.05, 4.69) is 25.3 Å². The van der Waals surface area contributed by atoms with Crippen molar-refractivity contribution in [3.8, 4) is 16.8 Å². The molecule has 0 spiro atoms. The SMILES string of the molecule is CCCc1nc2c(C)c(C)c(C)nc2n1-c1ccc(-c2ccccc2C(=O)C(=O)O)cc1. The van der Waals surface area contributed by atoms with Crippen molar-refractivity contribution in [2.24, 2.45) is 0 Å². The van der Waals surface area contributed by atoms with Crippen LogP contribution >= 0.6 is 0 Å². The summed E-state index contributed by atoms with van der Waals surface area (Å²) < 4.78 is 2.09. The number of imidazole rings is 1. The molecule has 0 amide bonds. The molecule has 0 atom stereocenters. The Morgan fingerprint density at radius 3 is 2.28 bits per heavy atom. The molecule has 0 unspecified atom stereocenters. The van der Waals surface area contributed by atoms with Crippen molar-refractivity contribution in [1.29, 1.82) is 0 Å². The van der Waals surface area contributed by atoms with E-state index in [9.17, 15) is 9.59 Å². The van der Waals surface area contributed by atoms with Gasteiger partial charge in [-0.15, -0.1) is 0 Å². The molecule has 6 nitrogen and oxygen atoms in total. The molecular weight excluding hydrogens is 402 g/mol. The lowest BCUT2D eigenvalue weighted by atomic mass is 9.97. The molecule has 4 rings (SSSR count). The van der Waals surface area contributed by atoms with Crippen LogP contribution in [0.3, 0.4) is 0 Å². The minimum atomic E-state index is -1.46. The first kappa shape index (κ1) is 21.4. The van der Waals surface area contributed by atoms with E-state index in [1.54, 1.807) is 24.3 Å². The van der Waals surface area contributed by atoms with Gasteiger partial charge in [-0.1, -0.05) is 43.3 Å². The van der Waals surface area contributed by atoms with E-state index < -0.39 is 11.8 Å². The normalized spacial score (nSPS) is 11.1. The molecule has 0 saturated heterocycles. The predicted molar refractivity (Wildman–Crippen MR) is 124 cm³/mol. The van der Waals surface area contributed by atoms with Gasteiger partial charge < -0.3 is 5.11 Å². The van der Waals surface area contributed by atoms with Crippen molar-refractivity contribution in [1.82, 2.24) is 14.5 Å². The fraction of sp³-hybridized carbons (Fsp3) is 0.231. The van der Waals surface area contributed by atoms with Crippen LogP contribution in [0.4, 0.5) is 0 Å². The van der Waals surface area contributed by atoms with Gasteiger partial charge >= 0.3 is 5.97 Å². The Hall–Kier alpha value is -3.80. The summed E-state index contributed by atoms with van der Waals surface area (Å²) in [5.74, 6) is -1.42. The summed E-state index contributed by atoms with van der Waals surface area (Å²) in [5.41, 5.74) is 7.50. The van der Waals surface area contributed by atoms with Gasteiger partial charge in [0.1, 0.15) is 11.3 Å². The maximum atomic E-state index is 12.1. The van der Waals surface area contributed by atoms with Gasteiger partial charge in [0.05, 0.1) is 0 Å². The number of aryl methyl sites for hydroxylation is 3. The van der Waals surface area contributed by atoms with Gasteiger partial charge in [0.2, 0.25) is 0 Å². The van der Waals surface area contributed by atoms with E-state index in [-0.39, 0.29) is 5.56 Å². The average molecular weight is 428 g/mol. The van der Waals surface area contributed by atoms with Crippen LogP contribution in [0.15, 0.2) is 48.5 Å². The number of rotatable bonds is 6. The molecule has 32 heavy (non-hydrogen) atoms. The van der Waals surface area contributed by atoms with Crippen molar-refractivity contribution >= 4 is 22.9 Å². The number of hydrogen-bond donors (Lipinski definition) is 1. The summed E-state index contributed by atoms with van der Waals surface area (Å²) in [6.45, 7) is 8.29. The Balaban J connectivity index is 1.85. The molecule has 2 aromatic carbocycles. The number of carboxylic acid groups (broad SMARTS) is 1. The maximum absolute atomic E-state index is 12.1. The zero-order chi connectivity index (χ0) is 23.0. The smallest absolute Gasteiger partial charge is 0.377 e. The van der Waals surface area contributed by atoms with Gasteiger partial charge in [0, 0.05) is 23.4 Å². The van der Waals surface area contributed by atoms with E-state index in [4.69, 9.17) is 15.1 Å². The minimum Gasteiger partial charge on any atom is -0.475 e. The average Bonchev–Trinajstić information content (AvgIpc) is 3.15. The molecule has 2 heterocycles. The molecule has 0 aliphatic carbocycles. The summed E-state index contributed by atoms with van der Waals surface area (Å²) in [5, 5.41) is 9.16. The first-order valence-corrected chi connectivity index (χ1v) is 10.7. The summed E-state index contributed by atoms with van der Waals surface area (Å²) in [6.07, 6.45) is 1.79. The van der Waals surface area contributed by atoms with Crippen molar-refractivity contribution in [2.45, 2.75) is 40.5 Å². The number of fused-ring (bicyclic) bond motifs is 1. The standard InChI is InChI=1S/C26H25N3O3/c1-5-8-22-28-23-16(3)15(2)17(4)27-25(23)29(22)19-13-11-18(12-14-19)20-9-6-7-10-21(20)24(30)26(31)32/h6-7,9-14H,5,8H2,1-4H3,(H,31,32). The number of pyridine rings is 1. The highest BCUT2D eigenvalue weighted by Gasteiger charge is 2.20. The Kier molecular flexibility index (Phi) is 5.61. The lowest BCUT2D eigenvalue weighted by molar-refractivity contribution is -0.131. The third-order valence-corrected chi connectivity index (χ3v) is 5.93. The van der Waals surface area contributed by atoms with Crippen molar-refractivity contribution < 1.29 is 14.7 Å². The predicted octanol–water partition coefficient (Wildman–Crippen LogP) is 5.23. The molecule has 0 saturated carbocycles. The second-order valence-electron chi connectivity index (χ2n) is 7.96. The maximum Gasteiger partial charge on any atom is 0.377 e. The third kappa shape index (κ3) is 3.58. The Bertz CT molecular complexity index is 1350. The number of carbonyl (C=O) groups is 2. The number of Topliss-reactive ketones (excluding diaryl/α,β-unsaturated/α-hetero) is 1. The zero-order valence-corrected chi connectivity index (χ0v) is 18.6. The van der Waals surface area contributed by atoms with E-state index in [0.717, 1.165) is 57.9 Å². The molecule has 0 aliphatic rings. The van der Waals surface area contributed by atoms with Crippen LogP contribution in [0.5, 0.6) is 0 Å². The lowest BCUT2D eigenvalue weighted by Crippen LogP contribution is -2.13. The number of aliphatic carboxylic acids is 1. The van der Waals surface area contributed by atoms with E-state index in [1.165, 1.54) is 0 Å². The van der Waals surface area contributed by atoms with Crippen LogP contribution < -0.4 is 0 Å². The molecule has 6 heteroatoms. The fourth-order valence-corrected chi connectivity index (χ4v) is 4.00. The quantitative estimate of drug-likeness (QED) is 0.336. The van der Waals surface area contributed by atoms with Crippen molar-refractivity contribution in [3.63, 3.8) is 0 Å². The van der Waals surface area contributed by atoms with Crippen molar-refractivity contribution in [2.75, 3.05) is 0 Å². The van der Waals surface area contributed by atoms with Gasteiger partial charge in [-0.25, -0.2) is 14.8 Å². The van der Waals surface area contributed by atoms with Crippen LogP contribution in [0.1, 0.15) is 46.3 Å². The Morgan fingerprint density at radius 2 is 1.62 bits per heavy atom. The number of benzene rings is 2. The Morgan fingerprint density at radius 1 is 0.938 bits per heavy atom. The summed E-state index contributed by atoms with van der Waals surface area (Å²) in [6, 6.07) is 14.5. The monoisotopic (exact) mass is 427 g/mol. The number of ketones is 1. The third-order valence-electron chi connectivity index (χ3n) is 5.93. The molecule has 0 fully saturated rings. The van der Waals surface area contributed by atoms with Gasteiger partial charge in [-0.2, -0.15) is 0 Å².